The first-order valence-corrected chi connectivity index (χ1v) is 11.7. The van der Waals surface area contributed by atoms with Gasteiger partial charge in [-0.25, -0.2) is 0 Å². The summed E-state index contributed by atoms with van der Waals surface area (Å²) in [6, 6.07) is 0. The summed E-state index contributed by atoms with van der Waals surface area (Å²) in [5.41, 5.74) is 0. The van der Waals surface area contributed by atoms with E-state index < -0.39 is 80.4 Å². The topological polar surface area (TPSA) is 230 Å². The van der Waals surface area contributed by atoms with E-state index in [-0.39, 0.29) is 19.3 Å². The second-order valence-corrected chi connectivity index (χ2v) is 8.65. The molecule has 3 heterocycles. The lowest BCUT2D eigenvalue weighted by Crippen LogP contribution is -2.49. The number of alkyl halides is 1. The van der Waals surface area contributed by atoms with Gasteiger partial charge in [-0.1, -0.05) is 22.6 Å². The zero-order chi connectivity index (χ0) is 24.6. The van der Waals surface area contributed by atoms with Gasteiger partial charge in [0.25, 0.3) is 0 Å². The summed E-state index contributed by atoms with van der Waals surface area (Å²) in [5.74, 6) is 0. The van der Waals surface area contributed by atoms with Gasteiger partial charge >= 0.3 is 0 Å². The first-order chi connectivity index (χ1) is 14.9. The molecule has 192 valence electrons. The molecule has 12 atom stereocenters. The molecule has 0 bridgehead atoms. The highest BCUT2D eigenvalue weighted by Gasteiger charge is 2.36. The van der Waals surface area contributed by atoms with Crippen LogP contribution in [0.4, 0.5) is 0 Å². The molecule has 3 unspecified atom stereocenters. The van der Waals surface area contributed by atoms with Crippen molar-refractivity contribution in [2.24, 2.45) is 0 Å². The zero-order valence-electron chi connectivity index (χ0n) is 17.5. The maximum atomic E-state index is 9.26. The van der Waals surface area contributed by atoms with Gasteiger partial charge in [-0.2, -0.15) is 0 Å². The lowest BCUT2D eigenvalue weighted by atomic mass is 10.0. The van der Waals surface area contributed by atoms with Crippen LogP contribution in [0.2, 0.25) is 0 Å². The largest absolute Gasteiger partial charge is 0.394 e. The normalized spacial score (nSPS) is 46.9. The minimum atomic E-state index is -1.11. The van der Waals surface area contributed by atoms with Crippen molar-refractivity contribution in [1.82, 2.24) is 0 Å². The van der Waals surface area contributed by atoms with Crippen LogP contribution in [0.5, 0.6) is 0 Å². The quantitative estimate of drug-likeness (QED) is 0.110. The standard InChI is InChI=1S/C6H11IO4.C6H12O5.C6H12O4/c2*7-2-4-6(10)3(8)1-5(9)11-4;1-3-6(9)4(7)2-5(8)10-3/h3-6,8-10H,1-2H2;3-10H,1-2H2;3-9H,2H2,1H3/t2*3-,4-,5?,6+;3-,4-,5?,6-/m111/s1. The van der Waals surface area contributed by atoms with Crippen molar-refractivity contribution in [2.75, 3.05) is 11.0 Å². The minimum Gasteiger partial charge on any atom is -0.394 e. The lowest BCUT2D eigenvalue weighted by molar-refractivity contribution is -0.239. The number of rotatable bonds is 2. The molecule has 0 aromatic carbocycles. The van der Waals surface area contributed by atoms with Gasteiger partial charge in [0.2, 0.25) is 0 Å². The lowest BCUT2D eigenvalue weighted by Gasteiger charge is -2.33. The number of halogens is 1. The Hall–Kier alpha value is 0.210. The molecule has 14 heteroatoms. The molecular formula is C18H35IO13. The fourth-order valence-corrected chi connectivity index (χ4v) is 3.91. The Labute approximate surface area is 198 Å². The highest BCUT2D eigenvalue weighted by Crippen LogP contribution is 2.20. The Morgan fingerprint density at radius 2 is 1.00 bits per heavy atom. The molecule has 3 aliphatic heterocycles. The van der Waals surface area contributed by atoms with Gasteiger partial charge in [-0.15, -0.1) is 0 Å². The third-order valence-corrected chi connectivity index (χ3v) is 5.99. The van der Waals surface area contributed by atoms with Crippen LogP contribution in [-0.4, -0.2) is 136 Å². The molecule has 10 N–H and O–H groups in total. The van der Waals surface area contributed by atoms with Gasteiger partial charge in [0.15, 0.2) is 18.9 Å². The van der Waals surface area contributed by atoms with E-state index in [0.29, 0.717) is 4.43 Å². The smallest absolute Gasteiger partial charge is 0.157 e. The van der Waals surface area contributed by atoms with Gasteiger partial charge in [-0.3, -0.25) is 0 Å². The molecule has 0 aliphatic carbocycles. The second-order valence-electron chi connectivity index (χ2n) is 7.77. The summed E-state index contributed by atoms with van der Waals surface area (Å²) in [6.07, 6.45) is -10.2. The minimum absolute atomic E-state index is 0.0162. The fraction of sp³-hybridized carbons (Fsp3) is 1.00. The molecule has 0 aromatic rings. The third-order valence-electron chi connectivity index (χ3n) is 5.12. The van der Waals surface area contributed by atoms with Crippen LogP contribution in [0, 0.1) is 0 Å². The third kappa shape index (κ3) is 9.46. The van der Waals surface area contributed by atoms with Gasteiger partial charge in [0.05, 0.1) is 37.1 Å². The van der Waals surface area contributed by atoms with Crippen LogP contribution in [0.3, 0.4) is 0 Å². The van der Waals surface area contributed by atoms with E-state index in [9.17, 15) is 5.11 Å². The Bertz CT molecular complexity index is 475. The molecule has 0 aromatic heterocycles. The maximum absolute atomic E-state index is 9.26. The molecule has 3 fully saturated rings. The molecular weight excluding hydrogens is 551 g/mol. The number of aliphatic hydroxyl groups excluding tert-OH is 10. The van der Waals surface area contributed by atoms with Crippen LogP contribution in [0.15, 0.2) is 0 Å². The van der Waals surface area contributed by atoms with Gasteiger partial charge < -0.3 is 65.3 Å². The van der Waals surface area contributed by atoms with Crippen LogP contribution in [0.1, 0.15) is 26.2 Å². The van der Waals surface area contributed by atoms with Crippen LogP contribution in [0.25, 0.3) is 0 Å². The molecule has 3 rings (SSSR count). The van der Waals surface area contributed by atoms with Gasteiger partial charge in [0, 0.05) is 23.7 Å². The van der Waals surface area contributed by atoms with E-state index in [2.05, 4.69) is 0 Å². The highest BCUT2D eigenvalue weighted by atomic mass is 127. The van der Waals surface area contributed by atoms with Gasteiger partial charge in [-0.05, 0) is 6.92 Å². The average Bonchev–Trinajstić information content (AvgIpc) is 2.72. The van der Waals surface area contributed by atoms with Crippen molar-refractivity contribution in [2.45, 2.75) is 100.0 Å². The first-order valence-electron chi connectivity index (χ1n) is 10.2. The predicted octanol–water partition coefficient (Wildman–Crippen LogP) is -4.11. The number of aliphatic hydroxyl groups is 10. The van der Waals surface area contributed by atoms with Crippen molar-refractivity contribution in [3.05, 3.63) is 0 Å². The van der Waals surface area contributed by atoms with E-state index in [1.807, 2.05) is 22.6 Å². The summed E-state index contributed by atoms with van der Waals surface area (Å²) >= 11 is 2.03. The molecule has 0 amide bonds. The Morgan fingerprint density at radius 1 is 0.625 bits per heavy atom. The van der Waals surface area contributed by atoms with E-state index >= 15 is 0 Å². The summed E-state index contributed by atoms with van der Waals surface area (Å²) < 4.78 is 15.0. The number of ether oxygens (including phenoxy) is 3. The van der Waals surface area contributed by atoms with E-state index in [0.717, 1.165) is 0 Å². The van der Waals surface area contributed by atoms with Crippen molar-refractivity contribution in [1.29, 1.82) is 0 Å². The van der Waals surface area contributed by atoms with E-state index in [4.69, 9.17) is 60.2 Å². The second kappa shape index (κ2) is 14.6. The van der Waals surface area contributed by atoms with Crippen molar-refractivity contribution >= 4 is 22.6 Å². The predicted molar refractivity (Wildman–Crippen MR) is 114 cm³/mol. The summed E-state index contributed by atoms with van der Waals surface area (Å²) in [7, 11) is 0. The zero-order valence-corrected chi connectivity index (χ0v) is 19.7. The molecule has 3 saturated heterocycles. The number of hydrogen-bond donors (Lipinski definition) is 10. The molecule has 32 heavy (non-hydrogen) atoms. The van der Waals surface area contributed by atoms with Crippen LogP contribution >= 0.6 is 22.6 Å². The van der Waals surface area contributed by atoms with Crippen LogP contribution < -0.4 is 0 Å². The Kier molecular flexibility index (Phi) is 13.8. The van der Waals surface area contributed by atoms with Gasteiger partial charge in [0.1, 0.15) is 24.4 Å². The summed E-state index contributed by atoms with van der Waals surface area (Å²) in [5, 5.41) is 90.0. The van der Waals surface area contributed by atoms with Crippen molar-refractivity contribution in [3.8, 4) is 0 Å². The monoisotopic (exact) mass is 586 g/mol. The SMILES string of the molecule is C[C@H]1OC(O)C[C@@H](O)[C@@H]1O.OC1C[C@@H](O)[C@H](O)[C@@H](CI)O1.OC[C@H]1OC(O)C[C@@H](O)[C@@H]1O. The molecule has 13 nitrogen and oxygen atoms in total. The molecule has 0 saturated carbocycles. The summed E-state index contributed by atoms with van der Waals surface area (Å²) in [6.45, 7) is 1.20. The molecule has 0 radical (unpaired) electrons. The fourth-order valence-electron chi connectivity index (χ4n) is 3.18. The maximum Gasteiger partial charge on any atom is 0.157 e. The van der Waals surface area contributed by atoms with E-state index in [1.165, 1.54) is 0 Å². The average molecular weight is 586 g/mol. The van der Waals surface area contributed by atoms with Crippen LogP contribution in [-0.2, 0) is 14.2 Å². The summed E-state index contributed by atoms with van der Waals surface area (Å²) in [4.78, 5) is 0. The van der Waals surface area contributed by atoms with Crippen molar-refractivity contribution < 1.29 is 65.3 Å². The molecule has 3 aliphatic rings. The van der Waals surface area contributed by atoms with E-state index in [1.54, 1.807) is 6.92 Å². The highest BCUT2D eigenvalue weighted by molar-refractivity contribution is 14.1. The first kappa shape index (κ1) is 30.2. The molecule has 0 spiro atoms. The number of hydrogen-bond acceptors (Lipinski definition) is 13. The van der Waals surface area contributed by atoms with Crippen molar-refractivity contribution in [3.63, 3.8) is 0 Å². The Balaban J connectivity index is 0.000000240. The Morgan fingerprint density at radius 3 is 1.41 bits per heavy atom.